The second kappa shape index (κ2) is 6.68. The van der Waals surface area contributed by atoms with Crippen LogP contribution >= 0.6 is 11.6 Å². The minimum Gasteiger partial charge on any atom is -0.453 e. The van der Waals surface area contributed by atoms with E-state index in [-0.39, 0.29) is 6.54 Å². The number of hydrogen-bond donors (Lipinski definition) is 1. The van der Waals surface area contributed by atoms with Crippen LogP contribution in [0.3, 0.4) is 0 Å². The molecule has 0 radical (unpaired) electrons. The minimum absolute atomic E-state index is 0.223. The lowest BCUT2D eigenvalue weighted by molar-refractivity contribution is -0.205. The molecule has 0 aromatic heterocycles. The maximum absolute atomic E-state index is 12.4. The van der Waals surface area contributed by atoms with Crippen molar-refractivity contribution in [3.8, 4) is 6.07 Å². The smallest absolute Gasteiger partial charge is 0.453 e. The summed E-state index contributed by atoms with van der Waals surface area (Å²) in [6.07, 6.45) is -5.58. The highest BCUT2D eigenvalue weighted by Gasteiger charge is 2.47. The van der Waals surface area contributed by atoms with Gasteiger partial charge in [0.15, 0.2) is 5.96 Å². The minimum atomic E-state index is -5.01. The SMILES string of the molecule is Cc1c(NC2=NC[C@@H]3[C@H](OC(=O)C(F)(F)F)CCN23)ccc(C#N)c1Cl. The fourth-order valence-electron chi connectivity index (χ4n) is 3.06. The highest BCUT2D eigenvalue weighted by atomic mass is 35.5. The summed E-state index contributed by atoms with van der Waals surface area (Å²) >= 11 is 6.14. The largest absolute Gasteiger partial charge is 0.490 e. The Bertz CT molecular complexity index is 819. The van der Waals surface area contributed by atoms with Gasteiger partial charge in [0.25, 0.3) is 0 Å². The number of anilines is 1. The first-order chi connectivity index (χ1) is 12.2. The molecule has 0 bridgehead atoms. The number of benzene rings is 1. The van der Waals surface area contributed by atoms with E-state index in [0.29, 0.717) is 40.8 Å². The molecule has 2 aliphatic rings. The molecule has 1 N–H and O–H groups in total. The molecule has 138 valence electrons. The van der Waals surface area contributed by atoms with Gasteiger partial charge >= 0.3 is 12.1 Å². The Hall–Kier alpha value is -2.47. The number of rotatable bonds is 2. The van der Waals surface area contributed by atoms with E-state index in [0.717, 1.165) is 0 Å². The Balaban J connectivity index is 1.70. The molecule has 26 heavy (non-hydrogen) atoms. The monoisotopic (exact) mass is 386 g/mol. The number of hydrogen-bond acceptors (Lipinski definition) is 6. The molecule has 2 heterocycles. The molecule has 1 aromatic carbocycles. The van der Waals surface area contributed by atoms with Crippen molar-refractivity contribution in [3.05, 3.63) is 28.3 Å². The molecule has 1 saturated heterocycles. The van der Waals surface area contributed by atoms with Crippen LogP contribution in [0, 0.1) is 18.3 Å². The van der Waals surface area contributed by atoms with E-state index in [9.17, 15) is 18.0 Å². The Morgan fingerprint density at radius 3 is 2.88 bits per heavy atom. The van der Waals surface area contributed by atoms with Crippen LogP contribution in [0.15, 0.2) is 17.1 Å². The number of fused-ring (bicyclic) bond motifs is 1. The van der Waals surface area contributed by atoms with Gasteiger partial charge in [-0.1, -0.05) is 11.6 Å². The molecule has 10 heteroatoms. The third-order valence-electron chi connectivity index (χ3n) is 4.43. The number of guanidine groups is 1. The lowest BCUT2D eigenvalue weighted by Crippen LogP contribution is -2.41. The van der Waals surface area contributed by atoms with Crippen molar-refractivity contribution >= 4 is 29.2 Å². The number of halogens is 4. The van der Waals surface area contributed by atoms with Gasteiger partial charge in [-0.2, -0.15) is 18.4 Å². The molecule has 1 fully saturated rings. The normalized spacial score (nSPS) is 21.8. The van der Waals surface area contributed by atoms with Gasteiger partial charge in [0.1, 0.15) is 12.2 Å². The Morgan fingerprint density at radius 1 is 1.50 bits per heavy atom. The molecular weight excluding hydrogens is 373 g/mol. The summed E-state index contributed by atoms with van der Waals surface area (Å²) in [5, 5.41) is 12.4. The second-order valence-corrected chi connectivity index (χ2v) is 6.37. The van der Waals surface area contributed by atoms with Crippen LogP contribution in [-0.4, -0.2) is 48.2 Å². The third-order valence-corrected chi connectivity index (χ3v) is 4.91. The molecule has 0 unspecified atom stereocenters. The molecule has 6 nitrogen and oxygen atoms in total. The van der Waals surface area contributed by atoms with Gasteiger partial charge in [0.2, 0.25) is 0 Å². The predicted molar refractivity (Wildman–Crippen MR) is 87.9 cm³/mol. The van der Waals surface area contributed by atoms with E-state index >= 15 is 0 Å². The van der Waals surface area contributed by atoms with Crippen molar-refractivity contribution in [1.82, 2.24) is 4.90 Å². The van der Waals surface area contributed by atoms with Gasteiger partial charge in [-0.05, 0) is 24.6 Å². The van der Waals surface area contributed by atoms with Gasteiger partial charge in [0, 0.05) is 18.7 Å². The fourth-order valence-corrected chi connectivity index (χ4v) is 3.26. The summed E-state index contributed by atoms with van der Waals surface area (Å²) in [7, 11) is 0. The highest BCUT2D eigenvalue weighted by molar-refractivity contribution is 6.33. The first-order valence-corrected chi connectivity index (χ1v) is 8.15. The molecule has 2 atom stereocenters. The van der Waals surface area contributed by atoms with Crippen molar-refractivity contribution in [2.24, 2.45) is 4.99 Å². The first kappa shape index (κ1) is 18.3. The Morgan fingerprint density at radius 2 is 2.23 bits per heavy atom. The summed E-state index contributed by atoms with van der Waals surface area (Å²) in [6, 6.07) is 4.82. The number of carbonyl (C=O) groups is 1. The summed E-state index contributed by atoms with van der Waals surface area (Å²) in [4.78, 5) is 17.1. The molecule has 0 saturated carbocycles. The van der Waals surface area contributed by atoms with Crippen LogP contribution in [0.5, 0.6) is 0 Å². The average Bonchev–Trinajstić information content (AvgIpc) is 3.15. The molecule has 0 spiro atoms. The van der Waals surface area contributed by atoms with Crippen LogP contribution in [0.4, 0.5) is 18.9 Å². The fraction of sp³-hybridized carbons (Fsp3) is 0.438. The molecule has 0 amide bonds. The zero-order valence-electron chi connectivity index (χ0n) is 13.6. The zero-order chi connectivity index (χ0) is 19.1. The molecule has 2 aliphatic heterocycles. The summed E-state index contributed by atoms with van der Waals surface area (Å²) in [6.45, 7) is 2.38. The van der Waals surface area contributed by atoms with E-state index < -0.39 is 24.3 Å². The summed E-state index contributed by atoms with van der Waals surface area (Å²) < 4.78 is 41.8. The van der Waals surface area contributed by atoms with Gasteiger partial charge < -0.3 is 15.0 Å². The van der Waals surface area contributed by atoms with Crippen molar-refractivity contribution in [2.75, 3.05) is 18.4 Å². The number of alkyl halides is 3. The van der Waals surface area contributed by atoms with E-state index in [4.69, 9.17) is 16.9 Å². The first-order valence-electron chi connectivity index (χ1n) is 7.77. The topological polar surface area (TPSA) is 77.7 Å². The number of nitrogens with zero attached hydrogens (tertiary/aromatic N) is 3. The molecular formula is C16H14ClF3N4O2. The van der Waals surface area contributed by atoms with Gasteiger partial charge in [-0.25, -0.2) is 4.79 Å². The van der Waals surface area contributed by atoms with Gasteiger partial charge in [-0.3, -0.25) is 4.99 Å². The molecule has 0 aliphatic carbocycles. The maximum atomic E-state index is 12.4. The second-order valence-electron chi connectivity index (χ2n) is 5.99. The zero-order valence-corrected chi connectivity index (χ0v) is 14.4. The van der Waals surface area contributed by atoms with Crippen LogP contribution in [-0.2, 0) is 9.53 Å². The summed E-state index contributed by atoms with van der Waals surface area (Å²) in [5.41, 5.74) is 1.65. The quantitative estimate of drug-likeness (QED) is 0.791. The number of ether oxygens (including phenoxy) is 1. The molecule has 1 aromatic rings. The Kier molecular flexibility index (Phi) is 4.71. The number of nitriles is 1. The van der Waals surface area contributed by atoms with Gasteiger partial charge in [0.05, 0.1) is 23.2 Å². The maximum Gasteiger partial charge on any atom is 0.490 e. The lowest BCUT2D eigenvalue weighted by atomic mass is 10.1. The summed E-state index contributed by atoms with van der Waals surface area (Å²) in [5.74, 6) is -1.70. The van der Waals surface area contributed by atoms with E-state index in [1.807, 2.05) is 6.07 Å². The van der Waals surface area contributed by atoms with Crippen molar-refractivity contribution < 1.29 is 22.7 Å². The standard InChI is InChI=1S/C16H14ClF3N4O2/c1-8-10(3-2-9(6-21)13(8)17)23-15-22-7-11-12(4-5-24(11)15)26-14(25)16(18,19)20/h2-3,11-12H,4-5,7H2,1H3,(H,22,23)/t11-,12-/m1/s1. The van der Waals surface area contributed by atoms with Crippen molar-refractivity contribution in [1.29, 1.82) is 5.26 Å². The van der Waals surface area contributed by atoms with E-state index in [1.165, 1.54) is 0 Å². The van der Waals surface area contributed by atoms with Gasteiger partial charge in [-0.15, -0.1) is 0 Å². The number of esters is 1. The lowest BCUT2D eigenvalue weighted by Gasteiger charge is -2.24. The predicted octanol–water partition coefficient (Wildman–Crippen LogP) is 2.85. The number of carbonyl (C=O) groups excluding carboxylic acids is 1. The Labute approximate surface area is 152 Å². The van der Waals surface area contributed by atoms with E-state index in [1.54, 1.807) is 24.0 Å². The van der Waals surface area contributed by atoms with Crippen LogP contribution < -0.4 is 5.32 Å². The van der Waals surface area contributed by atoms with Crippen molar-refractivity contribution in [2.45, 2.75) is 31.7 Å². The van der Waals surface area contributed by atoms with Crippen LogP contribution in [0.2, 0.25) is 5.02 Å². The van der Waals surface area contributed by atoms with Crippen molar-refractivity contribution in [3.63, 3.8) is 0 Å². The average molecular weight is 387 g/mol. The number of nitrogens with one attached hydrogen (secondary N) is 1. The van der Waals surface area contributed by atoms with E-state index in [2.05, 4.69) is 15.0 Å². The van der Waals surface area contributed by atoms with Crippen LogP contribution in [0.1, 0.15) is 17.5 Å². The third kappa shape index (κ3) is 3.29. The highest BCUT2D eigenvalue weighted by Crippen LogP contribution is 2.31. The van der Waals surface area contributed by atoms with Crippen LogP contribution in [0.25, 0.3) is 0 Å². The molecule has 3 rings (SSSR count). The number of aliphatic imine (C=N–C) groups is 1.